The Bertz CT molecular complexity index is 394. The van der Waals surface area contributed by atoms with Gasteiger partial charge in [-0.25, -0.2) is 0 Å². The molecule has 0 N–H and O–H groups in total. The highest BCUT2D eigenvalue weighted by Crippen LogP contribution is 2.01. The fraction of sp³-hybridized carbons (Fsp3) is 0.385. The van der Waals surface area contributed by atoms with E-state index in [0.717, 1.165) is 26.2 Å². The maximum Gasteiger partial charge on any atom is 0.205 e. The number of rotatable bonds is 3. The molecule has 1 heterocycles. The lowest BCUT2D eigenvalue weighted by Crippen LogP contribution is -2.41. The van der Waals surface area contributed by atoms with Gasteiger partial charge in [0, 0.05) is 31.7 Å². The molecule has 4 nitrogen and oxygen atoms in total. The molecule has 2 rings (SSSR count). The van der Waals surface area contributed by atoms with Crippen molar-refractivity contribution in [2.75, 3.05) is 33.2 Å². The van der Waals surface area contributed by atoms with Crippen molar-refractivity contribution < 1.29 is 4.79 Å². The predicted molar refractivity (Wildman–Crippen MR) is 68.3 cm³/mol. The van der Waals surface area contributed by atoms with Gasteiger partial charge in [-0.05, 0) is 7.05 Å². The van der Waals surface area contributed by atoms with E-state index in [9.17, 15) is 4.79 Å². The summed E-state index contributed by atoms with van der Waals surface area (Å²) in [5.74, 6) is -0.0375. The zero-order valence-corrected chi connectivity index (χ0v) is 10.0. The second-order valence-corrected chi connectivity index (χ2v) is 4.23. The first-order valence-electron chi connectivity index (χ1n) is 5.82. The van der Waals surface area contributed by atoms with E-state index in [2.05, 4.69) is 17.0 Å². The Labute approximate surface area is 102 Å². The quantitative estimate of drug-likeness (QED) is 0.577. The van der Waals surface area contributed by atoms with Gasteiger partial charge in [-0.15, -0.1) is 0 Å². The Hall–Kier alpha value is -1.68. The summed E-state index contributed by atoms with van der Waals surface area (Å²) in [6, 6.07) is 9.22. The number of ketones is 1. The molecule has 1 fully saturated rings. The van der Waals surface area contributed by atoms with Gasteiger partial charge in [0.2, 0.25) is 5.78 Å². The van der Waals surface area contributed by atoms with E-state index >= 15 is 0 Å². The minimum atomic E-state index is -0.0375. The van der Waals surface area contributed by atoms with Crippen LogP contribution in [0.4, 0.5) is 0 Å². The molecular formula is C13H17N3O. The summed E-state index contributed by atoms with van der Waals surface area (Å²) in [7, 11) is 2.09. The first-order valence-corrected chi connectivity index (χ1v) is 5.82. The third-order valence-electron chi connectivity index (χ3n) is 2.88. The first kappa shape index (κ1) is 11.8. The highest BCUT2D eigenvalue weighted by atomic mass is 16.1. The number of nitrogens with zero attached hydrogens (tertiary/aromatic N) is 3. The van der Waals surface area contributed by atoms with E-state index in [1.54, 1.807) is 12.1 Å². The standard InChI is InChI=1S/C13H17N3O/c1-15-7-9-16(10-8-15)14-11-13(17)12-5-3-2-4-6-12/h2-6,11H,7-10H2,1H3/b14-11-. The number of likely N-dealkylation sites (N-methyl/N-ethyl adjacent to an activating group) is 1. The van der Waals surface area contributed by atoms with Gasteiger partial charge in [0.25, 0.3) is 0 Å². The van der Waals surface area contributed by atoms with E-state index in [1.165, 1.54) is 6.21 Å². The molecule has 0 amide bonds. The molecular weight excluding hydrogens is 214 g/mol. The Balaban J connectivity index is 1.90. The lowest BCUT2D eigenvalue weighted by molar-refractivity contribution is 0.106. The fourth-order valence-electron chi connectivity index (χ4n) is 1.72. The van der Waals surface area contributed by atoms with Gasteiger partial charge in [0.1, 0.15) is 0 Å². The highest BCUT2D eigenvalue weighted by Gasteiger charge is 2.11. The predicted octanol–water partition coefficient (Wildman–Crippen LogP) is 1.10. The second kappa shape index (κ2) is 5.59. The summed E-state index contributed by atoms with van der Waals surface area (Å²) in [5, 5.41) is 6.17. The van der Waals surface area contributed by atoms with Crippen LogP contribution in [0, 0.1) is 0 Å². The van der Waals surface area contributed by atoms with Gasteiger partial charge in [-0.3, -0.25) is 9.80 Å². The third kappa shape index (κ3) is 3.39. The molecule has 0 radical (unpaired) electrons. The number of hydrogen-bond donors (Lipinski definition) is 0. The molecule has 0 spiro atoms. The molecule has 1 aromatic carbocycles. The lowest BCUT2D eigenvalue weighted by Gasteiger charge is -2.30. The summed E-state index contributed by atoms with van der Waals surface area (Å²) in [5.41, 5.74) is 0.686. The van der Waals surface area contributed by atoms with Crippen molar-refractivity contribution in [1.82, 2.24) is 9.91 Å². The van der Waals surface area contributed by atoms with Crippen LogP contribution in [0.1, 0.15) is 10.4 Å². The fourth-order valence-corrected chi connectivity index (χ4v) is 1.72. The number of hydrogen-bond acceptors (Lipinski definition) is 4. The number of piperazine rings is 1. The second-order valence-electron chi connectivity index (χ2n) is 4.23. The van der Waals surface area contributed by atoms with Crippen LogP contribution in [0.15, 0.2) is 35.4 Å². The van der Waals surface area contributed by atoms with E-state index < -0.39 is 0 Å². The van der Waals surface area contributed by atoms with Gasteiger partial charge in [0.05, 0.1) is 6.21 Å². The number of Topliss-reactive ketones (excluding diaryl/α,β-unsaturated/α-hetero) is 1. The zero-order chi connectivity index (χ0) is 12.1. The van der Waals surface area contributed by atoms with Crippen molar-refractivity contribution in [3.05, 3.63) is 35.9 Å². The smallest absolute Gasteiger partial charge is 0.205 e. The van der Waals surface area contributed by atoms with Gasteiger partial charge in [-0.2, -0.15) is 5.10 Å². The van der Waals surface area contributed by atoms with Crippen molar-refractivity contribution in [2.45, 2.75) is 0 Å². The minimum absolute atomic E-state index is 0.0375. The molecule has 0 saturated carbocycles. The monoisotopic (exact) mass is 231 g/mol. The molecule has 1 aromatic rings. The molecule has 90 valence electrons. The van der Waals surface area contributed by atoms with Crippen LogP contribution in [0.5, 0.6) is 0 Å². The largest absolute Gasteiger partial charge is 0.303 e. The molecule has 0 aromatic heterocycles. The molecule has 0 unspecified atom stereocenters. The molecule has 0 aliphatic carbocycles. The Morgan fingerprint density at radius 2 is 1.82 bits per heavy atom. The van der Waals surface area contributed by atoms with Gasteiger partial charge in [-0.1, -0.05) is 30.3 Å². The van der Waals surface area contributed by atoms with Crippen LogP contribution in [-0.2, 0) is 0 Å². The van der Waals surface area contributed by atoms with Crippen molar-refractivity contribution in [1.29, 1.82) is 0 Å². The van der Waals surface area contributed by atoms with E-state index in [4.69, 9.17) is 0 Å². The topological polar surface area (TPSA) is 35.9 Å². The van der Waals surface area contributed by atoms with Crippen molar-refractivity contribution in [3.63, 3.8) is 0 Å². The number of carbonyl (C=O) groups is 1. The van der Waals surface area contributed by atoms with E-state index in [1.807, 2.05) is 23.2 Å². The Morgan fingerprint density at radius 1 is 1.18 bits per heavy atom. The van der Waals surface area contributed by atoms with Gasteiger partial charge in [0.15, 0.2) is 0 Å². The summed E-state index contributed by atoms with van der Waals surface area (Å²) in [4.78, 5) is 14.0. The summed E-state index contributed by atoms with van der Waals surface area (Å²) < 4.78 is 0. The summed E-state index contributed by atoms with van der Waals surface area (Å²) >= 11 is 0. The van der Waals surface area contributed by atoms with Crippen LogP contribution in [0.25, 0.3) is 0 Å². The lowest BCUT2D eigenvalue weighted by atomic mass is 10.1. The minimum Gasteiger partial charge on any atom is -0.303 e. The van der Waals surface area contributed by atoms with Crippen molar-refractivity contribution >= 4 is 12.0 Å². The highest BCUT2D eigenvalue weighted by molar-refractivity contribution is 6.35. The third-order valence-corrected chi connectivity index (χ3v) is 2.88. The molecule has 0 bridgehead atoms. The SMILES string of the molecule is CN1CCN(/N=C\C(=O)c2ccccc2)CC1. The molecule has 4 heteroatoms. The maximum atomic E-state index is 11.8. The summed E-state index contributed by atoms with van der Waals surface area (Å²) in [6.07, 6.45) is 1.42. The van der Waals surface area contributed by atoms with Crippen molar-refractivity contribution in [2.24, 2.45) is 5.10 Å². The van der Waals surface area contributed by atoms with E-state index in [-0.39, 0.29) is 5.78 Å². The van der Waals surface area contributed by atoms with Crippen LogP contribution in [0.3, 0.4) is 0 Å². The molecule has 1 saturated heterocycles. The van der Waals surface area contributed by atoms with Crippen molar-refractivity contribution in [3.8, 4) is 0 Å². The average Bonchev–Trinajstić information content (AvgIpc) is 2.39. The molecule has 0 atom stereocenters. The zero-order valence-electron chi connectivity index (χ0n) is 10.0. The number of hydrazone groups is 1. The number of carbonyl (C=O) groups excluding carboxylic acids is 1. The molecule has 17 heavy (non-hydrogen) atoms. The van der Waals surface area contributed by atoms with E-state index in [0.29, 0.717) is 5.56 Å². The summed E-state index contributed by atoms with van der Waals surface area (Å²) in [6.45, 7) is 3.76. The first-order chi connectivity index (χ1) is 8.25. The van der Waals surface area contributed by atoms with Crippen LogP contribution < -0.4 is 0 Å². The van der Waals surface area contributed by atoms with Crippen LogP contribution in [0.2, 0.25) is 0 Å². The molecule has 1 aliphatic heterocycles. The average molecular weight is 231 g/mol. The Morgan fingerprint density at radius 3 is 2.47 bits per heavy atom. The maximum absolute atomic E-state index is 11.8. The van der Waals surface area contributed by atoms with Crippen LogP contribution in [-0.4, -0.2) is 55.1 Å². The van der Waals surface area contributed by atoms with Gasteiger partial charge >= 0.3 is 0 Å². The molecule has 1 aliphatic rings. The normalized spacial score (nSPS) is 17.6. The van der Waals surface area contributed by atoms with Crippen LogP contribution >= 0.6 is 0 Å². The number of benzene rings is 1. The van der Waals surface area contributed by atoms with Gasteiger partial charge < -0.3 is 4.90 Å². The Kier molecular flexibility index (Phi) is 3.88.